The van der Waals surface area contributed by atoms with E-state index in [1.54, 1.807) is 30.5 Å². The number of nitrogens with one attached hydrogen (secondary N) is 1. The maximum atomic E-state index is 12.4. The van der Waals surface area contributed by atoms with Gasteiger partial charge in [0, 0.05) is 17.3 Å². The number of hydrogen-bond acceptors (Lipinski definition) is 4. The van der Waals surface area contributed by atoms with Gasteiger partial charge in [0.05, 0.1) is 16.8 Å². The van der Waals surface area contributed by atoms with Crippen LogP contribution in [0.3, 0.4) is 0 Å². The lowest BCUT2D eigenvalue weighted by molar-refractivity contribution is 0.598. The zero-order valence-corrected chi connectivity index (χ0v) is 13.9. The second-order valence-electron chi connectivity index (χ2n) is 5.56. The highest BCUT2D eigenvalue weighted by molar-refractivity contribution is 7.89. The van der Waals surface area contributed by atoms with Gasteiger partial charge in [-0.3, -0.25) is 0 Å². The Morgan fingerprint density at radius 2 is 1.68 bits per heavy atom. The SMILES string of the molecule is NS(=O)(=O)c1c(-c2ccccc2)cccc1-c1cnc2[nH]ccc2n1. The minimum atomic E-state index is -3.98. The smallest absolute Gasteiger partial charge is 0.239 e. The summed E-state index contributed by atoms with van der Waals surface area (Å²) in [5, 5.41) is 5.54. The van der Waals surface area contributed by atoms with Crippen LogP contribution in [0.25, 0.3) is 33.5 Å². The molecule has 2 aromatic heterocycles. The molecule has 0 aliphatic carbocycles. The summed E-state index contributed by atoms with van der Waals surface area (Å²) >= 11 is 0. The van der Waals surface area contributed by atoms with E-state index in [1.165, 1.54) is 6.20 Å². The molecular weight excluding hydrogens is 336 g/mol. The number of rotatable bonds is 3. The van der Waals surface area contributed by atoms with E-state index in [-0.39, 0.29) is 4.90 Å². The zero-order chi connectivity index (χ0) is 17.4. The number of primary sulfonamides is 1. The van der Waals surface area contributed by atoms with E-state index in [0.29, 0.717) is 28.0 Å². The van der Waals surface area contributed by atoms with E-state index in [0.717, 1.165) is 5.56 Å². The van der Waals surface area contributed by atoms with Gasteiger partial charge < -0.3 is 4.98 Å². The number of nitrogens with two attached hydrogens (primary N) is 1. The molecule has 4 aromatic rings. The fraction of sp³-hybridized carbons (Fsp3) is 0. The average molecular weight is 350 g/mol. The molecule has 0 saturated heterocycles. The Balaban J connectivity index is 2.02. The molecular formula is C18H14N4O2S. The first-order valence-electron chi connectivity index (χ1n) is 7.56. The standard InChI is InChI=1S/C18H14N4O2S/c19-25(23,24)17-13(12-5-2-1-3-6-12)7-4-8-14(17)16-11-21-18-15(22-16)9-10-20-18/h1-11H,(H,20,21)(H2,19,23,24). The molecule has 0 spiro atoms. The van der Waals surface area contributed by atoms with Gasteiger partial charge in [0.15, 0.2) is 5.65 Å². The Labute approximate surface area is 144 Å². The summed E-state index contributed by atoms with van der Waals surface area (Å²) < 4.78 is 24.7. The van der Waals surface area contributed by atoms with Crippen molar-refractivity contribution in [3.8, 4) is 22.4 Å². The maximum absolute atomic E-state index is 12.4. The molecule has 2 heterocycles. The Morgan fingerprint density at radius 1 is 0.920 bits per heavy atom. The number of H-pyrrole nitrogens is 1. The van der Waals surface area contributed by atoms with Crippen molar-refractivity contribution in [3.05, 3.63) is 67.0 Å². The van der Waals surface area contributed by atoms with Crippen LogP contribution < -0.4 is 5.14 Å². The largest absolute Gasteiger partial charge is 0.345 e. The van der Waals surface area contributed by atoms with Crippen molar-refractivity contribution >= 4 is 21.2 Å². The molecule has 7 heteroatoms. The Hall–Kier alpha value is -3.03. The molecule has 0 aliphatic heterocycles. The Kier molecular flexibility index (Phi) is 3.60. The molecule has 3 N–H and O–H groups in total. The fourth-order valence-electron chi connectivity index (χ4n) is 2.85. The number of hydrogen-bond donors (Lipinski definition) is 2. The van der Waals surface area contributed by atoms with Gasteiger partial charge in [-0.25, -0.2) is 23.5 Å². The van der Waals surface area contributed by atoms with E-state index in [2.05, 4.69) is 15.0 Å². The Bertz CT molecular complexity index is 1170. The summed E-state index contributed by atoms with van der Waals surface area (Å²) in [6.07, 6.45) is 3.27. The molecule has 0 fully saturated rings. The summed E-state index contributed by atoms with van der Waals surface area (Å²) in [6.45, 7) is 0. The summed E-state index contributed by atoms with van der Waals surface area (Å²) in [7, 11) is -3.98. The number of aromatic amines is 1. The van der Waals surface area contributed by atoms with Gasteiger partial charge >= 0.3 is 0 Å². The molecule has 0 radical (unpaired) electrons. The van der Waals surface area contributed by atoms with Crippen LogP contribution in [-0.4, -0.2) is 23.4 Å². The first kappa shape index (κ1) is 15.5. The van der Waals surface area contributed by atoms with Gasteiger partial charge in [0.2, 0.25) is 10.0 Å². The van der Waals surface area contributed by atoms with Gasteiger partial charge in [-0.2, -0.15) is 0 Å². The summed E-state index contributed by atoms with van der Waals surface area (Å²) in [6, 6.07) is 16.2. The van der Waals surface area contributed by atoms with Crippen LogP contribution in [0.2, 0.25) is 0 Å². The normalized spacial score (nSPS) is 11.7. The second-order valence-corrected chi connectivity index (χ2v) is 7.06. The molecule has 25 heavy (non-hydrogen) atoms. The number of benzene rings is 2. The van der Waals surface area contributed by atoms with Crippen LogP contribution in [-0.2, 0) is 10.0 Å². The van der Waals surface area contributed by atoms with Crippen molar-refractivity contribution in [3.63, 3.8) is 0 Å². The van der Waals surface area contributed by atoms with Gasteiger partial charge in [0.25, 0.3) is 0 Å². The highest BCUT2D eigenvalue weighted by Crippen LogP contribution is 2.34. The Morgan fingerprint density at radius 3 is 2.44 bits per heavy atom. The number of fused-ring (bicyclic) bond motifs is 1. The van der Waals surface area contributed by atoms with Crippen molar-refractivity contribution in [1.82, 2.24) is 15.0 Å². The summed E-state index contributed by atoms with van der Waals surface area (Å²) in [5.74, 6) is 0. The first-order valence-corrected chi connectivity index (χ1v) is 9.10. The molecule has 6 nitrogen and oxygen atoms in total. The van der Waals surface area contributed by atoms with Crippen molar-refractivity contribution in [1.29, 1.82) is 0 Å². The van der Waals surface area contributed by atoms with Gasteiger partial charge in [0.1, 0.15) is 5.52 Å². The number of aromatic nitrogens is 3. The maximum Gasteiger partial charge on any atom is 0.239 e. The van der Waals surface area contributed by atoms with Crippen LogP contribution in [0, 0.1) is 0 Å². The van der Waals surface area contributed by atoms with E-state index in [9.17, 15) is 8.42 Å². The fourth-order valence-corrected chi connectivity index (χ4v) is 3.82. The van der Waals surface area contributed by atoms with Crippen LogP contribution >= 0.6 is 0 Å². The van der Waals surface area contributed by atoms with Crippen LogP contribution in [0.5, 0.6) is 0 Å². The van der Waals surface area contributed by atoms with Crippen molar-refractivity contribution in [2.45, 2.75) is 4.90 Å². The average Bonchev–Trinajstić information content (AvgIpc) is 3.09. The van der Waals surface area contributed by atoms with Gasteiger partial charge in [-0.15, -0.1) is 0 Å². The van der Waals surface area contributed by atoms with Crippen LogP contribution in [0.4, 0.5) is 0 Å². The summed E-state index contributed by atoms with van der Waals surface area (Å²) in [4.78, 5) is 11.8. The number of sulfonamides is 1. The quantitative estimate of drug-likeness (QED) is 0.593. The zero-order valence-electron chi connectivity index (χ0n) is 13.0. The van der Waals surface area contributed by atoms with E-state index < -0.39 is 10.0 Å². The molecule has 2 aromatic carbocycles. The molecule has 4 rings (SSSR count). The van der Waals surface area contributed by atoms with Gasteiger partial charge in [-0.1, -0.05) is 48.5 Å². The van der Waals surface area contributed by atoms with Crippen LogP contribution in [0.1, 0.15) is 0 Å². The highest BCUT2D eigenvalue weighted by atomic mass is 32.2. The van der Waals surface area contributed by atoms with Crippen molar-refractivity contribution in [2.24, 2.45) is 5.14 Å². The molecule has 0 amide bonds. The third-order valence-corrected chi connectivity index (χ3v) is 4.93. The van der Waals surface area contributed by atoms with E-state index in [4.69, 9.17) is 5.14 Å². The van der Waals surface area contributed by atoms with Crippen molar-refractivity contribution < 1.29 is 8.42 Å². The highest BCUT2D eigenvalue weighted by Gasteiger charge is 2.22. The minimum absolute atomic E-state index is 0.0467. The monoisotopic (exact) mass is 350 g/mol. The predicted octanol–water partition coefficient (Wildman–Crippen LogP) is 2.94. The lowest BCUT2D eigenvalue weighted by Gasteiger charge is -2.13. The predicted molar refractivity (Wildman–Crippen MR) is 96.1 cm³/mol. The minimum Gasteiger partial charge on any atom is -0.345 e. The van der Waals surface area contributed by atoms with E-state index in [1.807, 2.05) is 30.3 Å². The molecule has 124 valence electrons. The molecule has 0 saturated carbocycles. The lowest BCUT2D eigenvalue weighted by Crippen LogP contribution is -2.15. The molecule has 0 unspecified atom stereocenters. The second kappa shape index (κ2) is 5.80. The first-order chi connectivity index (χ1) is 12.0. The van der Waals surface area contributed by atoms with Gasteiger partial charge in [-0.05, 0) is 11.6 Å². The molecule has 0 aliphatic rings. The summed E-state index contributed by atoms with van der Waals surface area (Å²) in [5.41, 5.74) is 3.48. The third kappa shape index (κ3) is 2.79. The van der Waals surface area contributed by atoms with E-state index >= 15 is 0 Å². The molecule has 0 atom stereocenters. The van der Waals surface area contributed by atoms with Crippen molar-refractivity contribution in [2.75, 3.05) is 0 Å². The van der Waals surface area contributed by atoms with Crippen LogP contribution in [0.15, 0.2) is 71.9 Å². The third-order valence-electron chi connectivity index (χ3n) is 3.92. The number of nitrogens with zero attached hydrogens (tertiary/aromatic N) is 2. The molecule has 0 bridgehead atoms. The topological polar surface area (TPSA) is 102 Å². The lowest BCUT2D eigenvalue weighted by atomic mass is 10.0.